The number of nitrogens with zero attached hydrogens (tertiary/aromatic N) is 1. The standard InChI is InChI=1S/C12H16N2S/c1-2-3-6-9(13)12-14-10-7-4-5-8-11(10)15-12/h4-5,7-9H,2-3,6,13H2,1H3. The van der Waals surface area contributed by atoms with Gasteiger partial charge in [-0.3, -0.25) is 0 Å². The molecular weight excluding hydrogens is 204 g/mol. The maximum absolute atomic E-state index is 6.09. The number of nitrogens with two attached hydrogens (primary N) is 1. The Bertz CT molecular complexity index is 403. The van der Waals surface area contributed by atoms with Crippen LogP contribution in [0.2, 0.25) is 0 Å². The first kappa shape index (κ1) is 10.6. The van der Waals surface area contributed by atoms with E-state index >= 15 is 0 Å². The minimum Gasteiger partial charge on any atom is -0.322 e. The van der Waals surface area contributed by atoms with E-state index in [0.717, 1.165) is 16.9 Å². The normalized spacial score (nSPS) is 13.2. The summed E-state index contributed by atoms with van der Waals surface area (Å²) in [6.45, 7) is 2.19. The second-order valence-corrected chi connectivity index (χ2v) is 4.83. The van der Waals surface area contributed by atoms with E-state index in [9.17, 15) is 0 Å². The van der Waals surface area contributed by atoms with E-state index in [2.05, 4.69) is 18.0 Å². The molecule has 80 valence electrons. The first-order valence-electron chi connectivity index (χ1n) is 5.42. The largest absolute Gasteiger partial charge is 0.322 e. The van der Waals surface area contributed by atoms with Crippen molar-refractivity contribution in [1.29, 1.82) is 0 Å². The molecular formula is C12H16N2S. The smallest absolute Gasteiger partial charge is 0.111 e. The molecule has 1 unspecified atom stereocenters. The third-order valence-corrected chi connectivity index (χ3v) is 3.66. The molecule has 0 saturated carbocycles. The number of aromatic nitrogens is 1. The maximum Gasteiger partial charge on any atom is 0.111 e. The van der Waals surface area contributed by atoms with Crippen LogP contribution in [-0.4, -0.2) is 4.98 Å². The predicted octanol–water partition coefficient (Wildman–Crippen LogP) is 3.49. The zero-order valence-electron chi connectivity index (χ0n) is 8.94. The van der Waals surface area contributed by atoms with Crippen LogP contribution in [0.5, 0.6) is 0 Å². The van der Waals surface area contributed by atoms with Crippen molar-refractivity contribution in [3.8, 4) is 0 Å². The Labute approximate surface area is 94.1 Å². The van der Waals surface area contributed by atoms with Gasteiger partial charge >= 0.3 is 0 Å². The van der Waals surface area contributed by atoms with Crippen molar-refractivity contribution in [3.05, 3.63) is 29.3 Å². The van der Waals surface area contributed by atoms with Gasteiger partial charge in [-0.25, -0.2) is 4.98 Å². The van der Waals surface area contributed by atoms with Crippen molar-refractivity contribution in [3.63, 3.8) is 0 Å². The van der Waals surface area contributed by atoms with Crippen LogP contribution in [0.25, 0.3) is 10.2 Å². The lowest BCUT2D eigenvalue weighted by atomic mass is 10.1. The highest BCUT2D eigenvalue weighted by Crippen LogP contribution is 2.27. The van der Waals surface area contributed by atoms with Crippen molar-refractivity contribution in [1.82, 2.24) is 4.98 Å². The van der Waals surface area contributed by atoms with Crippen LogP contribution >= 0.6 is 11.3 Å². The predicted molar refractivity (Wildman–Crippen MR) is 66.1 cm³/mol. The van der Waals surface area contributed by atoms with E-state index in [1.165, 1.54) is 17.5 Å². The molecule has 2 N–H and O–H groups in total. The van der Waals surface area contributed by atoms with Gasteiger partial charge in [-0.05, 0) is 18.6 Å². The Kier molecular flexibility index (Phi) is 3.34. The summed E-state index contributed by atoms with van der Waals surface area (Å²) >= 11 is 1.72. The van der Waals surface area contributed by atoms with Gasteiger partial charge in [0.25, 0.3) is 0 Å². The van der Waals surface area contributed by atoms with E-state index in [1.807, 2.05) is 18.2 Å². The summed E-state index contributed by atoms with van der Waals surface area (Å²) < 4.78 is 1.24. The summed E-state index contributed by atoms with van der Waals surface area (Å²) in [7, 11) is 0. The van der Waals surface area contributed by atoms with Crippen LogP contribution in [0.15, 0.2) is 24.3 Å². The van der Waals surface area contributed by atoms with E-state index < -0.39 is 0 Å². The fourth-order valence-electron chi connectivity index (χ4n) is 1.60. The minimum atomic E-state index is 0.113. The molecule has 1 atom stereocenters. The van der Waals surface area contributed by atoms with Crippen molar-refractivity contribution < 1.29 is 0 Å². The lowest BCUT2D eigenvalue weighted by Gasteiger charge is -2.05. The summed E-state index contributed by atoms with van der Waals surface area (Å²) in [5, 5.41) is 1.07. The number of unbranched alkanes of at least 4 members (excludes halogenated alkanes) is 1. The average molecular weight is 220 g/mol. The Morgan fingerprint density at radius 1 is 1.40 bits per heavy atom. The summed E-state index contributed by atoms with van der Waals surface area (Å²) in [5.41, 5.74) is 7.17. The number of benzene rings is 1. The molecule has 1 aromatic heterocycles. The van der Waals surface area contributed by atoms with Gasteiger partial charge in [-0.15, -0.1) is 11.3 Å². The third-order valence-electron chi connectivity index (χ3n) is 2.50. The van der Waals surface area contributed by atoms with Gasteiger partial charge < -0.3 is 5.73 Å². The Morgan fingerprint density at radius 3 is 2.93 bits per heavy atom. The zero-order chi connectivity index (χ0) is 10.7. The Morgan fingerprint density at radius 2 is 2.20 bits per heavy atom. The quantitative estimate of drug-likeness (QED) is 0.856. The molecule has 0 bridgehead atoms. The molecule has 0 saturated heterocycles. The van der Waals surface area contributed by atoms with Crippen LogP contribution < -0.4 is 5.73 Å². The first-order chi connectivity index (χ1) is 7.31. The highest BCUT2D eigenvalue weighted by molar-refractivity contribution is 7.18. The number of rotatable bonds is 4. The van der Waals surface area contributed by atoms with E-state index in [4.69, 9.17) is 5.73 Å². The highest BCUT2D eigenvalue weighted by atomic mass is 32.1. The molecule has 2 aromatic rings. The van der Waals surface area contributed by atoms with Crippen LogP contribution in [-0.2, 0) is 0 Å². The fraction of sp³-hybridized carbons (Fsp3) is 0.417. The molecule has 3 heteroatoms. The Balaban J connectivity index is 2.20. The van der Waals surface area contributed by atoms with Crippen molar-refractivity contribution in [2.75, 3.05) is 0 Å². The van der Waals surface area contributed by atoms with Crippen molar-refractivity contribution in [2.45, 2.75) is 32.2 Å². The zero-order valence-corrected chi connectivity index (χ0v) is 9.76. The van der Waals surface area contributed by atoms with Gasteiger partial charge in [0.2, 0.25) is 0 Å². The summed E-state index contributed by atoms with van der Waals surface area (Å²) in [5.74, 6) is 0. The molecule has 0 fully saturated rings. The first-order valence-corrected chi connectivity index (χ1v) is 6.24. The molecule has 2 nitrogen and oxygen atoms in total. The molecule has 1 aromatic carbocycles. The van der Waals surface area contributed by atoms with Gasteiger partial charge in [0, 0.05) is 0 Å². The van der Waals surface area contributed by atoms with Crippen LogP contribution in [0.1, 0.15) is 37.2 Å². The summed E-state index contributed by atoms with van der Waals surface area (Å²) in [6, 6.07) is 8.32. The number of para-hydroxylation sites is 1. The maximum atomic E-state index is 6.09. The number of fused-ring (bicyclic) bond motifs is 1. The van der Waals surface area contributed by atoms with E-state index in [-0.39, 0.29) is 6.04 Å². The molecule has 0 aliphatic rings. The second kappa shape index (κ2) is 4.73. The second-order valence-electron chi connectivity index (χ2n) is 3.77. The molecule has 0 radical (unpaired) electrons. The SMILES string of the molecule is CCCCC(N)c1nc2ccccc2s1. The van der Waals surface area contributed by atoms with Gasteiger partial charge in [-0.1, -0.05) is 31.9 Å². The molecule has 0 amide bonds. The van der Waals surface area contributed by atoms with Gasteiger partial charge in [0.05, 0.1) is 16.3 Å². The van der Waals surface area contributed by atoms with Gasteiger partial charge in [0.15, 0.2) is 0 Å². The monoisotopic (exact) mass is 220 g/mol. The third kappa shape index (κ3) is 2.36. The van der Waals surface area contributed by atoms with Crippen molar-refractivity contribution in [2.24, 2.45) is 5.73 Å². The van der Waals surface area contributed by atoms with Crippen LogP contribution in [0, 0.1) is 0 Å². The highest BCUT2D eigenvalue weighted by Gasteiger charge is 2.10. The van der Waals surface area contributed by atoms with Crippen LogP contribution in [0.4, 0.5) is 0 Å². The average Bonchev–Trinajstić information content (AvgIpc) is 2.69. The van der Waals surface area contributed by atoms with E-state index in [1.54, 1.807) is 11.3 Å². The molecule has 0 aliphatic heterocycles. The molecule has 2 rings (SSSR count). The minimum absolute atomic E-state index is 0.113. The lowest BCUT2D eigenvalue weighted by molar-refractivity contribution is 0.601. The van der Waals surface area contributed by atoms with Gasteiger partial charge in [0.1, 0.15) is 5.01 Å². The molecule has 15 heavy (non-hydrogen) atoms. The van der Waals surface area contributed by atoms with Crippen LogP contribution in [0.3, 0.4) is 0 Å². The number of hydrogen-bond acceptors (Lipinski definition) is 3. The Hall–Kier alpha value is -0.930. The topological polar surface area (TPSA) is 38.9 Å². The molecule has 0 spiro atoms. The van der Waals surface area contributed by atoms with Crippen molar-refractivity contribution >= 4 is 21.6 Å². The fourth-order valence-corrected chi connectivity index (χ4v) is 2.60. The molecule has 1 heterocycles. The summed E-state index contributed by atoms with van der Waals surface area (Å²) in [6.07, 6.45) is 3.41. The number of hydrogen-bond donors (Lipinski definition) is 1. The molecule has 0 aliphatic carbocycles. The van der Waals surface area contributed by atoms with Gasteiger partial charge in [-0.2, -0.15) is 0 Å². The van der Waals surface area contributed by atoms with E-state index in [0.29, 0.717) is 0 Å². The number of thiazole rings is 1. The summed E-state index contributed by atoms with van der Waals surface area (Å²) in [4.78, 5) is 4.56. The lowest BCUT2D eigenvalue weighted by Crippen LogP contribution is -2.09.